The molecule has 2 saturated carbocycles. The van der Waals surface area contributed by atoms with E-state index in [-0.39, 0.29) is 35.4 Å². The number of aliphatic hydroxyl groups is 1. The van der Waals surface area contributed by atoms with Gasteiger partial charge in [-0.15, -0.1) is 4.91 Å². The first-order valence-corrected chi connectivity index (χ1v) is 10.0. The highest BCUT2D eigenvalue weighted by Gasteiger charge is 2.92. The SMILES string of the molecule is CC(C)C1CC2OC23C2(C)CCc4c(coc4ON=O)C2CC2OC23C1O. The number of rotatable bonds is 3. The van der Waals surface area contributed by atoms with Crippen LogP contribution in [0.1, 0.15) is 57.1 Å². The van der Waals surface area contributed by atoms with Crippen LogP contribution in [0.5, 0.6) is 5.95 Å². The minimum Gasteiger partial charge on any atom is -0.432 e. The fourth-order valence-corrected chi connectivity index (χ4v) is 7.23. The molecule has 2 aliphatic heterocycles. The third-order valence-electron chi connectivity index (χ3n) is 8.60. The van der Waals surface area contributed by atoms with Crippen LogP contribution >= 0.6 is 0 Å². The largest absolute Gasteiger partial charge is 0.432 e. The van der Waals surface area contributed by atoms with Gasteiger partial charge in [-0.25, -0.2) is 0 Å². The van der Waals surface area contributed by atoms with E-state index in [1.807, 2.05) is 0 Å². The van der Waals surface area contributed by atoms with Crippen molar-refractivity contribution in [2.75, 3.05) is 0 Å². The summed E-state index contributed by atoms with van der Waals surface area (Å²) in [4.78, 5) is 15.3. The Balaban J connectivity index is 1.44. The Hall–Kier alpha value is -1.44. The van der Waals surface area contributed by atoms with Crippen molar-refractivity contribution in [3.05, 3.63) is 22.3 Å². The van der Waals surface area contributed by atoms with Crippen molar-refractivity contribution >= 4 is 0 Å². The fraction of sp³-hybridized carbons (Fsp3) is 0.800. The lowest BCUT2D eigenvalue weighted by molar-refractivity contribution is -0.0912. The number of nitrogens with zero attached hydrogens (tertiary/aromatic N) is 1. The van der Waals surface area contributed by atoms with Gasteiger partial charge >= 0.3 is 5.95 Å². The number of ether oxygens (including phenoxy) is 2. The first-order chi connectivity index (χ1) is 12.9. The van der Waals surface area contributed by atoms with Crippen molar-refractivity contribution in [1.29, 1.82) is 0 Å². The van der Waals surface area contributed by atoms with Gasteiger partial charge < -0.3 is 19.0 Å². The molecule has 2 spiro atoms. The molecule has 7 heteroatoms. The van der Waals surface area contributed by atoms with Gasteiger partial charge in [-0.1, -0.05) is 20.8 Å². The smallest absolute Gasteiger partial charge is 0.321 e. The van der Waals surface area contributed by atoms with Crippen molar-refractivity contribution in [1.82, 2.24) is 0 Å². The summed E-state index contributed by atoms with van der Waals surface area (Å²) in [5.74, 6) is 1.02. The lowest BCUT2D eigenvalue weighted by atomic mass is 9.47. The number of fused-ring (bicyclic) bond motifs is 3. The summed E-state index contributed by atoms with van der Waals surface area (Å²) in [5.41, 5.74) is 0.903. The number of aliphatic hydroxyl groups excluding tert-OH is 1. The summed E-state index contributed by atoms with van der Waals surface area (Å²) in [6.07, 6.45) is 4.72. The third kappa shape index (κ3) is 1.59. The molecule has 3 heterocycles. The average molecular weight is 375 g/mol. The van der Waals surface area contributed by atoms with Gasteiger partial charge in [0.05, 0.1) is 24.6 Å². The van der Waals surface area contributed by atoms with Gasteiger partial charge in [0, 0.05) is 16.5 Å². The second kappa shape index (κ2) is 4.75. The number of furan rings is 1. The van der Waals surface area contributed by atoms with Crippen molar-refractivity contribution in [3.63, 3.8) is 0 Å². The standard InChI is InChI=1S/C20H25NO6/c1-9(2)11-6-15-20(26-15)18(3)5-4-10-12(8-24-17(10)27-21-23)13(18)7-14-19(20,25-14)16(11)22/h8-9,11,13-16,22H,4-7H2,1-3H3. The Morgan fingerprint density at radius 1 is 1.30 bits per heavy atom. The van der Waals surface area contributed by atoms with E-state index in [1.54, 1.807) is 6.26 Å². The van der Waals surface area contributed by atoms with E-state index in [4.69, 9.17) is 18.7 Å². The van der Waals surface area contributed by atoms with Crippen LogP contribution in [0.25, 0.3) is 0 Å². The van der Waals surface area contributed by atoms with E-state index >= 15 is 0 Å². The van der Waals surface area contributed by atoms with Gasteiger partial charge in [-0.3, -0.25) is 4.84 Å². The highest BCUT2D eigenvalue weighted by molar-refractivity contribution is 5.48. The predicted octanol–water partition coefficient (Wildman–Crippen LogP) is 3.09. The molecule has 4 fully saturated rings. The molecule has 8 unspecified atom stereocenters. The monoisotopic (exact) mass is 375 g/mol. The summed E-state index contributed by atoms with van der Waals surface area (Å²) < 4.78 is 18.3. The summed E-state index contributed by atoms with van der Waals surface area (Å²) in [5, 5.41) is 13.8. The van der Waals surface area contributed by atoms with Gasteiger partial charge in [-0.05, 0) is 43.4 Å². The van der Waals surface area contributed by atoms with Crippen LogP contribution in [0.15, 0.2) is 16.0 Å². The first-order valence-electron chi connectivity index (χ1n) is 10.0. The second-order valence-corrected chi connectivity index (χ2v) is 9.66. The summed E-state index contributed by atoms with van der Waals surface area (Å²) >= 11 is 0. The van der Waals surface area contributed by atoms with Gasteiger partial charge in [0.25, 0.3) is 0 Å². The molecule has 146 valence electrons. The molecule has 0 radical (unpaired) electrons. The average Bonchev–Trinajstić information content (AvgIpc) is 3.50. The molecule has 1 N–H and O–H groups in total. The zero-order valence-electron chi connectivity index (χ0n) is 15.8. The molecule has 2 saturated heterocycles. The Morgan fingerprint density at radius 2 is 2.11 bits per heavy atom. The van der Waals surface area contributed by atoms with Gasteiger partial charge in [0.2, 0.25) is 0 Å². The van der Waals surface area contributed by atoms with Crippen LogP contribution < -0.4 is 4.84 Å². The summed E-state index contributed by atoms with van der Waals surface area (Å²) in [6, 6.07) is 0. The molecule has 1 aromatic rings. The van der Waals surface area contributed by atoms with Gasteiger partial charge in [-0.2, -0.15) is 0 Å². The quantitative estimate of drug-likeness (QED) is 0.495. The normalized spacial score (nSPS) is 51.4. The highest BCUT2D eigenvalue weighted by atomic mass is 16.8. The van der Waals surface area contributed by atoms with Crippen LogP contribution in [0.3, 0.4) is 0 Å². The van der Waals surface area contributed by atoms with Crippen molar-refractivity contribution in [2.45, 2.75) is 81.9 Å². The van der Waals surface area contributed by atoms with Gasteiger partial charge in [0.1, 0.15) is 5.60 Å². The molecule has 5 aliphatic rings. The van der Waals surface area contributed by atoms with E-state index in [0.29, 0.717) is 5.92 Å². The molecule has 6 rings (SSSR count). The van der Waals surface area contributed by atoms with Crippen LogP contribution in [0.2, 0.25) is 0 Å². The second-order valence-electron chi connectivity index (χ2n) is 9.66. The summed E-state index contributed by atoms with van der Waals surface area (Å²) in [7, 11) is 0. The maximum Gasteiger partial charge on any atom is 0.321 e. The first kappa shape index (κ1) is 16.5. The lowest BCUT2D eigenvalue weighted by Gasteiger charge is -2.54. The molecule has 1 aromatic heterocycles. The number of hydrogen-bond acceptors (Lipinski definition) is 7. The summed E-state index contributed by atoms with van der Waals surface area (Å²) in [6.45, 7) is 6.63. The lowest BCUT2D eigenvalue weighted by Crippen LogP contribution is -2.65. The Labute approximate surface area is 157 Å². The molecule has 27 heavy (non-hydrogen) atoms. The molecular formula is C20H25NO6. The number of epoxide rings is 2. The zero-order chi connectivity index (χ0) is 18.8. The third-order valence-corrected chi connectivity index (χ3v) is 8.60. The molecule has 0 aromatic carbocycles. The molecule has 0 bridgehead atoms. The minimum absolute atomic E-state index is 0.00605. The maximum atomic E-state index is 11.3. The van der Waals surface area contributed by atoms with Crippen LogP contribution in [0, 0.1) is 22.2 Å². The highest BCUT2D eigenvalue weighted by Crippen LogP contribution is 2.79. The van der Waals surface area contributed by atoms with Crippen molar-refractivity contribution in [2.24, 2.45) is 22.6 Å². The van der Waals surface area contributed by atoms with Crippen molar-refractivity contribution in [3.8, 4) is 5.95 Å². The molecule has 0 amide bonds. The van der Waals surface area contributed by atoms with Crippen molar-refractivity contribution < 1.29 is 23.8 Å². The van der Waals surface area contributed by atoms with Crippen LogP contribution in [0.4, 0.5) is 0 Å². The van der Waals surface area contributed by atoms with E-state index in [1.165, 1.54) is 0 Å². The fourth-order valence-electron chi connectivity index (χ4n) is 7.23. The van der Waals surface area contributed by atoms with Crippen LogP contribution in [-0.2, 0) is 15.9 Å². The predicted molar refractivity (Wildman–Crippen MR) is 93.1 cm³/mol. The van der Waals surface area contributed by atoms with E-state index in [0.717, 1.165) is 36.8 Å². The Bertz CT molecular complexity index is 836. The Morgan fingerprint density at radius 3 is 2.85 bits per heavy atom. The van der Waals surface area contributed by atoms with E-state index in [2.05, 4.69) is 26.1 Å². The maximum absolute atomic E-state index is 11.3. The van der Waals surface area contributed by atoms with Gasteiger partial charge in [0.15, 0.2) is 10.9 Å². The zero-order valence-corrected chi connectivity index (χ0v) is 15.8. The van der Waals surface area contributed by atoms with E-state index < -0.39 is 17.3 Å². The van der Waals surface area contributed by atoms with Crippen LogP contribution in [-0.4, -0.2) is 34.6 Å². The Kier molecular flexibility index (Phi) is 2.91. The topological polar surface area (TPSA) is 97.1 Å². The molecule has 3 aliphatic carbocycles. The molecular weight excluding hydrogens is 350 g/mol. The van der Waals surface area contributed by atoms with E-state index in [9.17, 15) is 10.0 Å². The minimum atomic E-state index is -0.555. The molecule has 7 nitrogen and oxygen atoms in total. The number of hydrogen-bond donors (Lipinski definition) is 1. The molecule has 8 atom stereocenters.